The van der Waals surface area contributed by atoms with Crippen molar-refractivity contribution in [1.82, 2.24) is 0 Å². The first-order chi connectivity index (χ1) is 45.0. The molecule has 0 bridgehead atoms. The SMILES string of the molecule is CCCCCCCCCCCCCCCCCCC(=O)O[C@H](COC(=O)CCCCCCCCCCCCCCCC)COP(=O)(O)OC[C@@H](O)COP(=O)(O)OC[C@@H](COC(=O)CCCCCCCCCC(C)C)OC(=O)CCCCCCCCCCCCCCC. The Kier molecular flexibility index (Phi) is 65.9. The topological polar surface area (TPSA) is 237 Å². The molecule has 3 N–H and O–H groups in total. The second-order valence-electron chi connectivity index (χ2n) is 27.2. The molecule has 2 unspecified atom stereocenters. The molecule has 0 amide bonds. The molecular weight excluding hydrogens is 1220 g/mol. The van der Waals surface area contributed by atoms with Crippen molar-refractivity contribution in [1.29, 1.82) is 0 Å². The number of aliphatic hydroxyl groups excluding tert-OH is 1. The van der Waals surface area contributed by atoms with Crippen LogP contribution in [-0.4, -0.2) is 96.7 Å². The number of phosphoric ester groups is 2. The molecule has 0 aliphatic rings. The standard InChI is InChI=1S/C74H144O17P2/c1-6-9-12-15-18-21-24-27-29-30-33-36-39-44-50-55-60-74(79)90-69(63-84-71(76)57-52-47-42-37-34-32-28-25-22-19-16-13-10-7-2)65-88-92(80,81)86-61-68(75)62-87-93(82,83)89-66-70(64-85-72(77)58-53-48-45-40-41-46-51-56-67(4)5)91-73(78)59-54-49-43-38-35-31-26-23-20-17-14-11-8-3/h67-70,75H,6-66H2,1-5H3,(H,80,81)(H,82,83)/t68-,69-,70-/m1/s1. The van der Waals surface area contributed by atoms with Gasteiger partial charge in [0.1, 0.15) is 19.3 Å². The number of carbonyl (C=O) groups is 4. The van der Waals surface area contributed by atoms with Crippen LogP contribution in [0, 0.1) is 5.92 Å². The Balaban J connectivity index is 5.25. The van der Waals surface area contributed by atoms with Gasteiger partial charge in [-0.05, 0) is 31.6 Å². The average Bonchev–Trinajstić information content (AvgIpc) is 3.57. The van der Waals surface area contributed by atoms with E-state index in [1.54, 1.807) is 0 Å². The third-order valence-corrected chi connectivity index (χ3v) is 19.2. The fraction of sp³-hybridized carbons (Fsp3) is 0.946. The molecule has 0 aliphatic carbocycles. The van der Waals surface area contributed by atoms with Crippen molar-refractivity contribution in [3.63, 3.8) is 0 Å². The van der Waals surface area contributed by atoms with Gasteiger partial charge < -0.3 is 33.8 Å². The summed E-state index contributed by atoms with van der Waals surface area (Å²) >= 11 is 0. The van der Waals surface area contributed by atoms with Crippen LogP contribution in [0.1, 0.15) is 388 Å². The molecule has 0 heterocycles. The quantitative estimate of drug-likeness (QED) is 0.0222. The van der Waals surface area contributed by atoms with Crippen molar-refractivity contribution in [3.05, 3.63) is 0 Å². The maximum Gasteiger partial charge on any atom is 0.472 e. The second-order valence-corrected chi connectivity index (χ2v) is 30.1. The Morgan fingerprint density at radius 2 is 0.495 bits per heavy atom. The molecule has 0 radical (unpaired) electrons. The highest BCUT2D eigenvalue weighted by atomic mass is 31.2. The van der Waals surface area contributed by atoms with Crippen LogP contribution in [0.25, 0.3) is 0 Å². The summed E-state index contributed by atoms with van der Waals surface area (Å²) in [6.45, 7) is 7.23. The van der Waals surface area contributed by atoms with Gasteiger partial charge in [0.25, 0.3) is 0 Å². The van der Waals surface area contributed by atoms with Crippen molar-refractivity contribution in [3.8, 4) is 0 Å². The van der Waals surface area contributed by atoms with Gasteiger partial charge in [0.15, 0.2) is 12.2 Å². The van der Waals surface area contributed by atoms with E-state index in [4.69, 9.17) is 37.0 Å². The second kappa shape index (κ2) is 67.3. The van der Waals surface area contributed by atoms with Gasteiger partial charge in [0.05, 0.1) is 26.4 Å². The predicted molar refractivity (Wildman–Crippen MR) is 377 cm³/mol. The van der Waals surface area contributed by atoms with Crippen molar-refractivity contribution in [2.24, 2.45) is 5.92 Å². The minimum atomic E-state index is -4.95. The Labute approximate surface area is 568 Å². The molecule has 0 fully saturated rings. The zero-order chi connectivity index (χ0) is 68.4. The van der Waals surface area contributed by atoms with Gasteiger partial charge in [-0.3, -0.25) is 37.3 Å². The van der Waals surface area contributed by atoms with Gasteiger partial charge in [0, 0.05) is 25.7 Å². The third kappa shape index (κ3) is 68.4. The number of ether oxygens (including phenoxy) is 4. The summed E-state index contributed by atoms with van der Waals surface area (Å²) < 4.78 is 68.5. The summed E-state index contributed by atoms with van der Waals surface area (Å²) in [6, 6.07) is 0. The molecule has 17 nitrogen and oxygen atoms in total. The van der Waals surface area contributed by atoms with E-state index in [1.807, 2.05) is 0 Å². The van der Waals surface area contributed by atoms with Crippen molar-refractivity contribution >= 4 is 39.5 Å². The van der Waals surface area contributed by atoms with Crippen molar-refractivity contribution in [2.45, 2.75) is 406 Å². The van der Waals surface area contributed by atoms with Gasteiger partial charge in [0.2, 0.25) is 0 Å². The minimum Gasteiger partial charge on any atom is -0.462 e. The lowest BCUT2D eigenvalue weighted by molar-refractivity contribution is -0.161. The fourth-order valence-electron chi connectivity index (χ4n) is 11.4. The first-order valence-electron chi connectivity index (χ1n) is 38.6. The minimum absolute atomic E-state index is 0.107. The van der Waals surface area contributed by atoms with E-state index >= 15 is 0 Å². The first-order valence-corrected chi connectivity index (χ1v) is 41.6. The van der Waals surface area contributed by atoms with Gasteiger partial charge >= 0.3 is 39.5 Å². The maximum absolute atomic E-state index is 13.1. The van der Waals surface area contributed by atoms with E-state index in [0.29, 0.717) is 31.6 Å². The lowest BCUT2D eigenvalue weighted by Gasteiger charge is -2.21. The van der Waals surface area contributed by atoms with Crippen LogP contribution in [0.15, 0.2) is 0 Å². The van der Waals surface area contributed by atoms with Crippen LogP contribution < -0.4 is 0 Å². The lowest BCUT2D eigenvalue weighted by Crippen LogP contribution is -2.30. The van der Waals surface area contributed by atoms with Crippen LogP contribution in [0.5, 0.6) is 0 Å². The summed E-state index contributed by atoms with van der Waals surface area (Å²) in [5, 5.41) is 10.6. The summed E-state index contributed by atoms with van der Waals surface area (Å²) in [4.78, 5) is 72.7. The molecule has 0 saturated carbocycles. The Morgan fingerprint density at radius 1 is 0.290 bits per heavy atom. The highest BCUT2D eigenvalue weighted by Crippen LogP contribution is 2.45. The lowest BCUT2D eigenvalue weighted by atomic mass is 10.0. The summed E-state index contributed by atoms with van der Waals surface area (Å²) in [6.07, 6.45) is 55.4. The molecule has 0 aromatic carbocycles. The van der Waals surface area contributed by atoms with Crippen LogP contribution in [0.2, 0.25) is 0 Å². The zero-order valence-electron chi connectivity index (χ0n) is 60.4. The number of unbranched alkanes of at least 4 members (excludes halogenated alkanes) is 46. The van der Waals surface area contributed by atoms with E-state index < -0.39 is 97.5 Å². The molecule has 552 valence electrons. The van der Waals surface area contributed by atoms with E-state index in [2.05, 4.69) is 34.6 Å². The number of hydrogen-bond acceptors (Lipinski definition) is 15. The molecule has 5 atom stereocenters. The highest BCUT2D eigenvalue weighted by Gasteiger charge is 2.30. The molecule has 93 heavy (non-hydrogen) atoms. The van der Waals surface area contributed by atoms with E-state index in [0.717, 1.165) is 96.3 Å². The molecule has 0 saturated heterocycles. The molecule has 0 rings (SSSR count). The van der Waals surface area contributed by atoms with Crippen LogP contribution in [-0.2, 0) is 65.4 Å². The molecule has 19 heteroatoms. The maximum atomic E-state index is 13.1. The smallest absolute Gasteiger partial charge is 0.462 e. The van der Waals surface area contributed by atoms with E-state index in [-0.39, 0.29) is 25.7 Å². The summed E-state index contributed by atoms with van der Waals surface area (Å²) in [5.41, 5.74) is 0. The number of hydrogen-bond donors (Lipinski definition) is 3. The molecule has 0 aliphatic heterocycles. The van der Waals surface area contributed by atoms with Gasteiger partial charge in [-0.1, -0.05) is 336 Å². The Bertz CT molecular complexity index is 1790. The number of phosphoric acid groups is 2. The first kappa shape index (κ1) is 91.1. The third-order valence-electron chi connectivity index (χ3n) is 17.3. The number of aliphatic hydroxyl groups is 1. The van der Waals surface area contributed by atoms with Crippen molar-refractivity contribution < 1.29 is 80.2 Å². The van der Waals surface area contributed by atoms with Crippen LogP contribution >= 0.6 is 15.6 Å². The Morgan fingerprint density at radius 3 is 0.731 bits per heavy atom. The van der Waals surface area contributed by atoms with E-state index in [9.17, 15) is 43.2 Å². The van der Waals surface area contributed by atoms with Gasteiger partial charge in [-0.15, -0.1) is 0 Å². The van der Waals surface area contributed by atoms with Gasteiger partial charge in [-0.2, -0.15) is 0 Å². The van der Waals surface area contributed by atoms with Crippen molar-refractivity contribution in [2.75, 3.05) is 39.6 Å². The number of esters is 4. The fourth-order valence-corrected chi connectivity index (χ4v) is 12.9. The number of rotatable bonds is 74. The summed E-state index contributed by atoms with van der Waals surface area (Å²) in [5.74, 6) is -1.41. The summed E-state index contributed by atoms with van der Waals surface area (Å²) in [7, 11) is -9.91. The largest absolute Gasteiger partial charge is 0.472 e. The highest BCUT2D eigenvalue weighted by molar-refractivity contribution is 7.47. The molecule has 0 aromatic rings. The molecule has 0 aromatic heterocycles. The van der Waals surface area contributed by atoms with E-state index in [1.165, 1.54) is 205 Å². The predicted octanol–water partition coefficient (Wildman–Crippen LogP) is 21.7. The average molecular weight is 1370 g/mol. The van der Waals surface area contributed by atoms with Gasteiger partial charge in [-0.25, -0.2) is 9.13 Å². The normalized spacial score (nSPS) is 14.0. The monoisotopic (exact) mass is 1370 g/mol. The molecular formula is C74H144O17P2. The molecule has 0 spiro atoms. The van der Waals surface area contributed by atoms with Crippen LogP contribution in [0.4, 0.5) is 0 Å². The van der Waals surface area contributed by atoms with Crippen LogP contribution in [0.3, 0.4) is 0 Å². The zero-order valence-corrected chi connectivity index (χ0v) is 62.2. The Hall–Kier alpha value is -1.94. The number of carbonyl (C=O) groups excluding carboxylic acids is 4.